The lowest BCUT2D eigenvalue weighted by molar-refractivity contribution is 0.187. The average Bonchev–Trinajstić information content (AvgIpc) is 3.01. The first-order valence-electron chi connectivity index (χ1n) is 17.6. The minimum atomic E-state index is -2.15. The van der Waals surface area contributed by atoms with E-state index in [1.807, 2.05) is 52.0 Å². The molecule has 0 saturated heterocycles. The highest BCUT2D eigenvalue weighted by atomic mass is 28.4. The summed E-state index contributed by atoms with van der Waals surface area (Å²) in [5, 5.41) is 20.7. The van der Waals surface area contributed by atoms with Crippen LogP contribution in [-0.2, 0) is 30.5 Å². The van der Waals surface area contributed by atoms with Crippen molar-refractivity contribution in [1.82, 2.24) is 0 Å². The molecular weight excluding hydrogens is 617 g/mol. The Labute approximate surface area is 281 Å². The second kappa shape index (κ2) is 22.5. The Morgan fingerprint density at radius 3 is 1.20 bits per heavy atom. The van der Waals surface area contributed by atoms with Crippen LogP contribution in [0.25, 0.3) is 0 Å². The first kappa shape index (κ1) is 40.1. The van der Waals surface area contributed by atoms with E-state index < -0.39 is 17.1 Å². The molecule has 0 aliphatic heterocycles. The summed E-state index contributed by atoms with van der Waals surface area (Å²) < 4.78 is 35.8. The van der Waals surface area contributed by atoms with Crippen LogP contribution >= 0.6 is 0 Å². The van der Waals surface area contributed by atoms with Crippen molar-refractivity contribution in [2.24, 2.45) is 0 Å². The molecule has 0 amide bonds. The fraction of sp³-hybridized carbons (Fsp3) is 0.667. The van der Waals surface area contributed by atoms with Gasteiger partial charge in [-0.25, -0.2) is 0 Å². The highest BCUT2D eigenvalue weighted by Gasteiger charge is 2.31. The molecule has 0 spiro atoms. The quantitative estimate of drug-likeness (QED) is 0.0714. The number of phenols is 2. The molecule has 8 nitrogen and oxygen atoms in total. The van der Waals surface area contributed by atoms with Gasteiger partial charge in [0.05, 0.1) is 13.2 Å². The second-order valence-corrected chi connectivity index (χ2v) is 18.8. The number of phenolic OH excluding ortho intramolecular Hbond substituents is 2. The van der Waals surface area contributed by atoms with Crippen molar-refractivity contribution in [2.45, 2.75) is 117 Å². The fourth-order valence-corrected chi connectivity index (χ4v) is 10.6. The molecule has 262 valence electrons. The molecule has 46 heavy (non-hydrogen) atoms. The van der Waals surface area contributed by atoms with Crippen LogP contribution in [-0.4, -0.2) is 67.0 Å². The third-order valence-corrected chi connectivity index (χ3v) is 14.3. The third kappa shape index (κ3) is 15.7. The molecule has 0 heterocycles. The van der Waals surface area contributed by atoms with Crippen molar-refractivity contribution < 1.29 is 37.4 Å². The molecule has 0 bridgehead atoms. The zero-order valence-corrected chi connectivity index (χ0v) is 31.5. The van der Waals surface area contributed by atoms with Crippen molar-refractivity contribution >= 4 is 17.1 Å². The maximum atomic E-state index is 10.3. The average molecular weight is 679 g/mol. The summed E-state index contributed by atoms with van der Waals surface area (Å²) in [6, 6.07) is 12.9. The zero-order valence-electron chi connectivity index (χ0n) is 29.5. The number of aromatic hydroxyl groups is 2. The van der Waals surface area contributed by atoms with Gasteiger partial charge in [-0.05, 0) is 139 Å². The molecule has 10 heteroatoms. The smallest absolute Gasteiger partial charge is 0.334 e. The Kier molecular flexibility index (Phi) is 19.6. The molecule has 2 N–H and O–H groups in total. The SMILES string of the molecule is CCO[Si](C)(CCCc1cc(OCCCCCCCCOc2ccc(O)c(CCC[Si](C)(OCC)OCC)c2)ccc1O)OCC. The van der Waals surface area contributed by atoms with E-state index in [4.69, 9.17) is 27.2 Å². The lowest BCUT2D eigenvalue weighted by Crippen LogP contribution is -2.38. The van der Waals surface area contributed by atoms with Crippen molar-refractivity contribution in [1.29, 1.82) is 0 Å². The number of aryl methyl sites for hydroxylation is 2. The molecule has 0 atom stereocenters. The molecule has 0 aliphatic carbocycles. The molecule has 0 unspecified atom stereocenters. The van der Waals surface area contributed by atoms with E-state index >= 15 is 0 Å². The Morgan fingerprint density at radius 2 is 0.848 bits per heavy atom. The van der Waals surface area contributed by atoms with Gasteiger partial charge < -0.3 is 37.4 Å². The van der Waals surface area contributed by atoms with E-state index in [1.54, 1.807) is 12.1 Å². The first-order valence-corrected chi connectivity index (χ1v) is 22.7. The summed E-state index contributed by atoms with van der Waals surface area (Å²) in [6.45, 7) is 16.3. The van der Waals surface area contributed by atoms with E-state index in [9.17, 15) is 10.2 Å². The minimum absolute atomic E-state index is 0.318. The Bertz CT molecular complexity index is 1000. The van der Waals surface area contributed by atoms with Gasteiger partial charge >= 0.3 is 17.1 Å². The largest absolute Gasteiger partial charge is 0.508 e. The van der Waals surface area contributed by atoms with Gasteiger partial charge in [0.25, 0.3) is 0 Å². The lowest BCUT2D eigenvalue weighted by atomic mass is 10.1. The van der Waals surface area contributed by atoms with Gasteiger partial charge in [0.1, 0.15) is 23.0 Å². The number of rotatable bonds is 27. The summed E-state index contributed by atoms with van der Waals surface area (Å²) in [5.41, 5.74) is 1.83. The van der Waals surface area contributed by atoms with Crippen LogP contribution in [0.5, 0.6) is 23.0 Å². The monoisotopic (exact) mass is 678 g/mol. The summed E-state index contributed by atoms with van der Waals surface area (Å²) >= 11 is 0. The molecule has 0 fully saturated rings. The van der Waals surface area contributed by atoms with Crippen LogP contribution in [0.2, 0.25) is 25.2 Å². The normalized spacial score (nSPS) is 12.0. The van der Waals surface area contributed by atoms with Crippen LogP contribution < -0.4 is 9.47 Å². The fourth-order valence-electron chi connectivity index (χ4n) is 5.79. The molecule has 2 rings (SSSR count). The number of hydrogen-bond donors (Lipinski definition) is 2. The van der Waals surface area contributed by atoms with Crippen LogP contribution in [0.15, 0.2) is 36.4 Å². The van der Waals surface area contributed by atoms with Gasteiger partial charge in [-0.2, -0.15) is 0 Å². The Morgan fingerprint density at radius 1 is 0.500 bits per heavy atom. The number of unbranched alkanes of at least 4 members (excludes halogenated alkanes) is 5. The molecule has 2 aromatic carbocycles. The molecule has 0 saturated carbocycles. The first-order chi connectivity index (χ1) is 22.2. The van der Waals surface area contributed by atoms with Gasteiger partial charge in [0.15, 0.2) is 0 Å². The third-order valence-electron chi connectivity index (χ3n) is 8.13. The van der Waals surface area contributed by atoms with Gasteiger partial charge in [-0.3, -0.25) is 0 Å². The number of hydrogen-bond acceptors (Lipinski definition) is 8. The number of benzene rings is 2. The predicted molar refractivity (Wildman–Crippen MR) is 191 cm³/mol. The lowest BCUT2D eigenvalue weighted by Gasteiger charge is -2.26. The van der Waals surface area contributed by atoms with Gasteiger partial charge in [-0.1, -0.05) is 25.7 Å². The van der Waals surface area contributed by atoms with E-state index in [-0.39, 0.29) is 0 Å². The van der Waals surface area contributed by atoms with E-state index in [0.717, 1.165) is 86.1 Å². The molecular formula is C36H62O8Si2. The summed E-state index contributed by atoms with van der Waals surface area (Å²) in [6.07, 6.45) is 9.96. The molecule has 0 aromatic heterocycles. The highest BCUT2D eigenvalue weighted by molar-refractivity contribution is 6.66. The maximum Gasteiger partial charge on any atom is 0.334 e. The number of ether oxygens (including phenoxy) is 2. The van der Waals surface area contributed by atoms with Crippen LogP contribution in [0.1, 0.15) is 90.2 Å². The second-order valence-electron chi connectivity index (χ2n) is 12.1. The van der Waals surface area contributed by atoms with Crippen molar-refractivity contribution in [3.05, 3.63) is 47.5 Å². The van der Waals surface area contributed by atoms with Gasteiger partial charge in [-0.15, -0.1) is 0 Å². The summed E-state index contributed by atoms with van der Waals surface area (Å²) in [5.74, 6) is 2.26. The Balaban J connectivity index is 1.60. The summed E-state index contributed by atoms with van der Waals surface area (Å²) in [7, 11) is -4.29. The topological polar surface area (TPSA) is 95.8 Å². The molecule has 0 aliphatic rings. The van der Waals surface area contributed by atoms with Crippen molar-refractivity contribution in [2.75, 3.05) is 39.6 Å². The zero-order chi connectivity index (χ0) is 33.7. The highest BCUT2D eigenvalue weighted by Crippen LogP contribution is 2.28. The van der Waals surface area contributed by atoms with E-state index in [0.29, 0.717) is 51.1 Å². The summed E-state index contributed by atoms with van der Waals surface area (Å²) in [4.78, 5) is 0. The van der Waals surface area contributed by atoms with E-state index in [2.05, 4.69) is 13.1 Å². The predicted octanol–water partition coefficient (Wildman–Crippen LogP) is 9.05. The van der Waals surface area contributed by atoms with Crippen LogP contribution in [0, 0.1) is 0 Å². The minimum Gasteiger partial charge on any atom is -0.508 e. The molecule has 2 aromatic rings. The van der Waals surface area contributed by atoms with Crippen LogP contribution in [0.3, 0.4) is 0 Å². The van der Waals surface area contributed by atoms with Gasteiger partial charge in [0, 0.05) is 26.4 Å². The van der Waals surface area contributed by atoms with Gasteiger partial charge in [0.2, 0.25) is 0 Å². The van der Waals surface area contributed by atoms with Crippen molar-refractivity contribution in [3.8, 4) is 23.0 Å². The maximum absolute atomic E-state index is 10.3. The van der Waals surface area contributed by atoms with Crippen LogP contribution in [0.4, 0.5) is 0 Å². The van der Waals surface area contributed by atoms with E-state index in [1.165, 1.54) is 12.8 Å². The van der Waals surface area contributed by atoms with Crippen molar-refractivity contribution in [3.63, 3.8) is 0 Å². The standard InChI is InChI=1S/C36H62O8Si2/c1-7-41-45(5,42-8-2)27-17-19-31-29-33(21-23-35(31)37)39-25-15-13-11-12-14-16-26-40-34-22-24-36(38)32(30-34)20-18-28-46(6,43-9-3)44-10-4/h21-24,29-30,37-38H,7-20,25-28H2,1-6H3. The molecule has 0 radical (unpaired) electrons. The Hall–Kier alpha value is -2.09.